The minimum atomic E-state index is -0.174. The molecule has 1 unspecified atom stereocenters. The standard InChI is InChI=1S/C17H23FN4.2ClH/c1-13(2)22-9-7-20-17(22)12-21-8-6-19-11-16(21)14-4-3-5-15(18)10-14;;/h3-5,7,9-10,13,16,19H,6,8,11-12H2,1-2H3;2*1H. The molecule has 1 atom stereocenters. The Morgan fingerprint density at radius 1 is 1.33 bits per heavy atom. The summed E-state index contributed by atoms with van der Waals surface area (Å²) in [5.41, 5.74) is 1.02. The largest absolute Gasteiger partial charge is 0.331 e. The molecule has 7 heteroatoms. The number of aromatic nitrogens is 2. The number of piperazine rings is 1. The Labute approximate surface area is 155 Å². The van der Waals surface area contributed by atoms with E-state index in [2.05, 4.69) is 33.6 Å². The van der Waals surface area contributed by atoms with Crippen LogP contribution in [0, 0.1) is 5.82 Å². The van der Waals surface area contributed by atoms with Gasteiger partial charge in [-0.2, -0.15) is 0 Å². The summed E-state index contributed by atoms with van der Waals surface area (Å²) >= 11 is 0. The third kappa shape index (κ3) is 4.70. The van der Waals surface area contributed by atoms with Gasteiger partial charge in [-0.05, 0) is 31.5 Å². The fourth-order valence-electron chi connectivity index (χ4n) is 3.10. The first-order valence-corrected chi connectivity index (χ1v) is 7.87. The van der Waals surface area contributed by atoms with Crippen molar-refractivity contribution in [3.63, 3.8) is 0 Å². The van der Waals surface area contributed by atoms with Crippen molar-refractivity contribution in [2.45, 2.75) is 32.5 Å². The molecule has 1 aliphatic heterocycles. The number of nitrogens with one attached hydrogen (secondary N) is 1. The highest BCUT2D eigenvalue weighted by Crippen LogP contribution is 2.25. The Hall–Kier alpha value is -1.14. The lowest BCUT2D eigenvalue weighted by molar-refractivity contribution is 0.147. The van der Waals surface area contributed by atoms with Crippen molar-refractivity contribution in [1.82, 2.24) is 19.8 Å². The average Bonchev–Trinajstić information content (AvgIpc) is 2.96. The maximum Gasteiger partial charge on any atom is 0.123 e. The SMILES string of the molecule is CC(C)n1ccnc1CN1CCNCC1c1cccc(F)c1.Cl.Cl. The number of hydrogen-bond acceptors (Lipinski definition) is 3. The molecule has 0 spiro atoms. The van der Waals surface area contributed by atoms with E-state index in [1.54, 1.807) is 12.1 Å². The van der Waals surface area contributed by atoms with Crippen LogP contribution in [0.1, 0.15) is 37.3 Å². The first-order valence-electron chi connectivity index (χ1n) is 7.87. The van der Waals surface area contributed by atoms with Crippen LogP contribution in [0.15, 0.2) is 36.7 Å². The van der Waals surface area contributed by atoms with E-state index in [0.29, 0.717) is 6.04 Å². The second-order valence-electron chi connectivity index (χ2n) is 6.09. The van der Waals surface area contributed by atoms with E-state index in [-0.39, 0.29) is 36.7 Å². The van der Waals surface area contributed by atoms with Gasteiger partial charge in [0.1, 0.15) is 11.6 Å². The van der Waals surface area contributed by atoms with Crippen LogP contribution in [-0.4, -0.2) is 34.1 Å². The molecule has 1 fully saturated rings. The second-order valence-corrected chi connectivity index (χ2v) is 6.09. The first-order chi connectivity index (χ1) is 10.6. The Balaban J connectivity index is 0.00000144. The number of hydrogen-bond donors (Lipinski definition) is 1. The number of rotatable bonds is 4. The van der Waals surface area contributed by atoms with Crippen LogP contribution in [0.2, 0.25) is 0 Å². The van der Waals surface area contributed by atoms with E-state index >= 15 is 0 Å². The summed E-state index contributed by atoms with van der Waals surface area (Å²) in [6.07, 6.45) is 3.88. The van der Waals surface area contributed by atoms with Gasteiger partial charge in [0.25, 0.3) is 0 Å². The zero-order chi connectivity index (χ0) is 15.5. The summed E-state index contributed by atoms with van der Waals surface area (Å²) in [7, 11) is 0. The van der Waals surface area contributed by atoms with Crippen LogP contribution in [0.4, 0.5) is 4.39 Å². The molecule has 1 aliphatic rings. The second kappa shape index (κ2) is 9.37. The molecule has 4 nitrogen and oxygen atoms in total. The molecule has 2 aromatic rings. The zero-order valence-electron chi connectivity index (χ0n) is 14.0. The number of halogens is 3. The molecule has 1 aromatic carbocycles. The molecule has 0 bridgehead atoms. The summed E-state index contributed by atoms with van der Waals surface area (Å²) in [5, 5.41) is 3.41. The lowest BCUT2D eigenvalue weighted by Crippen LogP contribution is -2.45. The Morgan fingerprint density at radius 3 is 2.83 bits per heavy atom. The normalized spacial score (nSPS) is 18.1. The van der Waals surface area contributed by atoms with Gasteiger partial charge in [0.2, 0.25) is 0 Å². The molecule has 24 heavy (non-hydrogen) atoms. The van der Waals surface area contributed by atoms with E-state index in [9.17, 15) is 4.39 Å². The van der Waals surface area contributed by atoms with Gasteiger partial charge in [0.15, 0.2) is 0 Å². The number of nitrogens with zero attached hydrogens (tertiary/aromatic N) is 3. The molecule has 1 N–H and O–H groups in total. The van der Waals surface area contributed by atoms with Crippen molar-refractivity contribution in [2.24, 2.45) is 0 Å². The fraction of sp³-hybridized carbons (Fsp3) is 0.471. The number of imidazole rings is 1. The molecule has 2 heterocycles. The first kappa shape index (κ1) is 20.9. The fourth-order valence-corrected chi connectivity index (χ4v) is 3.10. The van der Waals surface area contributed by atoms with Crippen molar-refractivity contribution in [2.75, 3.05) is 19.6 Å². The minimum absolute atomic E-state index is 0. The van der Waals surface area contributed by atoms with Crippen molar-refractivity contribution in [3.05, 3.63) is 53.9 Å². The van der Waals surface area contributed by atoms with E-state index < -0.39 is 0 Å². The van der Waals surface area contributed by atoms with E-state index in [1.807, 2.05) is 18.5 Å². The van der Waals surface area contributed by atoms with Crippen molar-refractivity contribution in [3.8, 4) is 0 Å². The maximum atomic E-state index is 13.5. The summed E-state index contributed by atoms with van der Waals surface area (Å²) in [6, 6.07) is 7.50. The van der Waals surface area contributed by atoms with Crippen molar-refractivity contribution < 1.29 is 4.39 Å². The average molecular weight is 375 g/mol. The van der Waals surface area contributed by atoms with Crippen LogP contribution >= 0.6 is 24.8 Å². The van der Waals surface area contributed by atoms with Gasteiger partial charge >= 0.3 is 0 Å². The number of benzene rings is 1. The van der Waals surface area contributed by atoms with Gasteiger partial charge in [-0.25, -0.2) is 9.37 Å². The quantitative estimate of drug-likeness (QED) is 0.887. The summed E-state index contributed by atoms with van der Waals surface area (Å²) < 4.78 is 15.7. The highest BCUT2D eigenvalue weighted by molar-refractivity contribution is 5.85. The topological polar surface area (TPSA) is 33.1 Å². The molecule has 0 amide bonds. The van der Waals surface area contributed by atoms with E-state index in [1.165, 1.54) is 6.07 Å². The molecular weight excluding hydrogens is 350 g/mol. The van der Waals surface area contributed by atoms with Crippen LogP contribution in [0.5, 0.6) is 0 Å². The van der Waals surface area contributed by atoms with Gasteiger partial charge < -0.3 is 9.88 Å². The zero-order valence-corrected chi connectivity index (χ0v) is 15.6. The van der Waals surface area contributed by atoms with Gasteiger partial charge in [0.05, 0.1) is 6.54 Å². The highest BCUT2D eigenvalue weighted by Gasteiger charge is 2.25. The third-order valence-corrected chi connectivity index (χ3v) is 4.24. The van der Waals surface area contributed by atoms with Crippen LogP contribution in [0.3, 0.4) is 0 Å². The van der Waals surface area contributed by atoms with E-state index in [4.69, 9.17) is 0 Å². The van der Waals surface area contributed by atoms with Gasteiger partial charge in [0, 0.05) is 44.1 Å². The molecular formula is C17H25Cl2FN4. The third-order valence-electron chi connectivity index (χ3n) is 4.24. The Bertz CT molecular complexity index is 633. The highest BCUT2D eigenvalue weighted by atomic mass is 35.5. The maximum absolute atomic E-state index is 13.5. The van der Waals surface area contributed by atoms with Crippen molar-refractivity contribution >= 4 is 24.8 Å². The van der Waals surface area contributed by atoms with Gasteiger partial charge in [-0.3, -0.25) is 4.90 Å². The molecule has 0 aliphatic carbocycles. The lowest BCUT2D eigenvalue weighted by atomic mass is 10.0. The predicted octanol–water partition coefficient (Wildman–Crippen LogP) is 3.59. The summed E-state index contributed by atoms with van der Waals surface area (Å²) in [5.74, 6) is 0.894. The van der Waals surface area contributed by atoms with Crippen LogP contribution in [0.25, 0.3) is 0 Å². The summed E-state index contributed by atoms with van der Waals surface area (Å²) in [6.45, 7) is 7.83. The predicted molar refractivity (Wildman–Crippen MR) is 99.5 cm³/mol. The Kier molecular flexibility index (Phi) is 8.16. The smallest absolute Gasteiger partial charge is 0.123 e. The van der Waals surface area contributed by atoms with Crippen LogP contribution in [-0.2, 0) is 6.54 Å². The molecule has 0 radical (unpaired) electrons. The molecule has 3 rings (SSSR count). The Morgan fingerprint density at radius 2 is 2.12 bits per heavy atom. The molecule has 1 aromatic heterocycles. The molecule has 0 saturated carbocycles. The minimum Gasteiger partial charge on any atom is -0.331 e. The molecule has 1 saturated heterocycles. The lowest BCUT2D eigenvalue weighted by Gasteiger charge is -2.36. The van der Waals surface area contributed by atoms with Crippen LogP contribution < -0.4 is 5.32 Å². The van der Waals surface area contributed by atoms with Gasteiger partial charge in [-0.15, -0.1) is 24.8 Å². The monoisotopic (exact) mass is 374 g/mol. The van der Waals surface area contributed by atoms with Gasteiger partial charge in [-0.1, -0.05) is 12.1 Å². The van der Waals surface area contributed by atoms with E-state index in [0.717, 1.165) is 37.6 Å². The molecule has 134 valence electrons. The van der Waals surface area contributed by atoms with Crippen molar-refractivity contribution in [1.29, 1.82) is 0 Å². The summed E-state index contributed by atoms with van der Waals surface area (Å²) in [4.78, 5) is 6.89.